The molecule has 88 heavy (non-hydrogen) atoms. The summed E-state index contributed by atoms with van der Waals surface area (Å²) in [5.41, 5.74) is -0.287. The van der Waals surface area contributed by atoms with Crippen molar-refractivity contribution in [2.24, 2.45) is 5.41 Å². The van der Waals surface area contributed by atoms with E-state index in [1.165, 1.54) is 42.4 Å². The molecule has 15 nitrogen and oxygen atoms in total. The molecule has 6 aromatic carbocycles. The van der Waals surface area contributed by atoms with E-state index in [0.717, 1.165) is 40.9 Å². The average molecular weight is 1380 g/mol. The highest BCUT2D eigenvalue weighted by Crippen LogP contribution is 2.55. The molecule has 0 saturated carbocycles. The van der Waals surface area contributed by atoms with Crippen LogP contribution in [-0.2, 0) is 14.2 Å². The van der Waals surface area contributed by atoms with E-state index in [2.05, 4.69) is 37.2 Å². The number of benzene rings is 6. The number of nitrogens with one attached hydrogen (secondary N) is 1. The number of hydrogen-bond acceptors (Lipinski definition) is 18. The van der Waals surface area contributed by atoms with Gasteiger partial charge in [0.2, 0.25) is 5.78 Å². The molecule has 20 heteroatoms. The summed E-state index contributed by atoms with van der Waals surface area (Å²) in [4.78, 5) is 84.0. The van der Waals surface area contributed by atoms with Crippen LogP contribution >= 0.6 is 67.1 Å². The Bertz CT molecular complexity index is 3700. The number of hydrogen-bond donors (Lipinski definition) is 2. The molecule has 5 aliphatic heterocycles. The first-order valence-corrected chi connectivity index (χ1v) is 32.4. The van der Waals surface area contributed by atoms with E-state index in [0.29, 0.717) is 62.9 Å². The molecule has 464 valence electrons. The van der Waals surface area contributed by atoms with E-state index < -0.39 is 42.2 Å². The molecule has 0 radical (unpaired) electrons. The maximum absolute atomic E-state index is 13.1. The van der Waals surface area contributed by atoms with Gasteiger partial charge in [-0.3, -0.25) is 33.7 Å². The van der Waals surface area contributed by atoms with Crippen LogP contribution in [0, 0.1) is 5.41 Å². The number of likely N-dealkylation sites (N-methyl/N-ethyl adjacent to an activating group) is 1. The van der Waals surface area contributed by atoms with Crippen molar-refractivity contribution in [3.8, 4) is 34.5 Å². The van der Waals surface area contributed by atoms with Crippen LogP contribution in [0.2, 0.25) is 0 Å². The molecular weight excluding hydrogens is 1310 g/mol. The number of carbonyl (C=O) groups is 6. The highest BCUT2D eigenvalue weighted by atomic mass is 79.9. The number of halogens is 2. The van der Waals surface area contributed by atoms with Crippen molar-refractivity contribution < 1.29 is 62.3 Å². The Morgan fingerprint density at radius 2 is 0.795 bits per heavy atom. The number of fused-ring (bicyclic) bond motifs is 6. The minimum Gasteiger partial charge on any atom is -0.455 e. The van der Waals surface area contributed by atoms with Gasteiger partial charge in [0.1, 0.15) is 45.7 Å². The van der Waals surface area contributed by atoms with E-state index in [4.69, 9.17) is 28.4 Å². The van der Waals surface area contributed by atoms with Gasteiger partial charge in [-0.25, -0.2) is 0 Å². The van der Waals surface area contributed by atoms with Crippen molar-refractivity contribution >= 4 is 102 Å². The van der Waals surface area contributed by atoms with Gasteiger partial charge in [-0.2, -0.15) is 0 Å². The fraction of sp³-hybridized carbons (Fsp3) is 0.382. The Morgan fingerprint density at radius 3 is 1.07 bits per heavy atom. The number of Topliss-reactive ketones (excluding diaryl/α,β-unsaturated/α-hetero) is 6. The fourth-order valence-corrected chi connectivity index (χ4v) is 13.8. The molecule has 6 aromatic rings. The standard InChI is InChI=1S/C24H30N2O3S.C24H24O7S.C20H18Br2O3S/c1-23(2,14-25-5)21(27)15-8-10-17-19(12-15)30-20-13-16(9-11-18(20)29-17)22(28)24(3,4)26(6)7;1-21(2)23(12-25,30-21)19(26)13-6-8-15-17(10-13)32-18-11-14(7-9-16(18)29-15)20(27)24(28-5)22(3,4)31-24;1-19(2,21)17(23)11-5-7-13-15(9-11)26-16-10-12(6-8-14(16)25-13)18(24)20(3,4)22/h8-13,25H,14H2,1-7H3;6-11,25H,12H2,1-5H3;5-10H,1-4H3. The second-order valence-electron chi connectivity index (χ2n) is 25.4. The Balaban J connectivity index is 0.000000158. The van der Waals surface area contributed by atoms with Gasteiger partial charge >= 0.3 is 0 Å². The van der Waals surface area contributed by atoms with Crippen LogP contribution in [0.5, 0.6) is 34.5 Å². The number of aliphatic hydroxyl groups is 1. The van der Waals surface area contributed by atoms with Crippen LogP contribution in [0.3, 0.4) is 0 Å². The maximum Gasteiger partial charge on any atom is 0.263 e. The number of ketones is 6. The Kier molecular flexibility index (Phi) is 18.5. The number of methoxy groups -OCH3 is 1. The summed E-state index contributed by atoms with van der Waals surface area (Å²) >= 11 is 11.3. The second kappa shape index (κ2) is 24.3. The first kappa shape index (κ1) is 66.9. The van der Waals surface area contributed by atoms with Gasteiger partial charge in [0.05, 0.1) is 50.2 Å². The lowest BCUT2D eigenvalue weighted by molar-refractivity contribution is 0.00127. The largest absolute Gasteiger partial charge is 0.455 e. The minimum atomic E-state index is -1.28. The third kappa shape index (κ3) is 12.9. The molecular formula is C68H72Br2N2O13S3. The van der Waals surface area contributed by atoms with Gasteiger partial charge in [0, 0.05) is 52.5 Å². The van der Waals surface area contributed by atoms with Crippen LogP contribution in [0.25, 0.3) is 0 Å². The monoisotopic (exact) mass is 1380 g/mol. The highest BCUT2D eigenvalue weighted by Gasteiger charge is 2.71. The number of carbonyl (C=O) groups excluding carboxylic acids is 6. The predicted molar refractivity (Wildman–Crippen MR) is 349 cm³/mol. The summed E-state index contributed by atoms with van der Waals surface area (Å²) < 4.78 is 33.3. The Labute approximate surface area is 543 Å². The summed E-state index contributed by atoms with van der Waals surface area (Å²) in [6.45, 7) is 22.4. The molecule has 0 spiro atoms. The summed E-state index contributed by atoms with van der Waals surface area (Å²) in [5.74, 6) is 2.48. The van der Waals surface area contributed by atoms with Gasteiger partial charge in [-0.05, 0) is 200 Å². The maximum atomic E-state index is 13.1. The molecule has 0 aliphatic carbocycles. The van der Waals surface area contributed by atoms with Crippen LogP contribution in [0.4, 0.5) is 0 Å². The van der Waals surface area contributed by atoms with E-state index in [9.17, 15) is 33.9 Å². The van der Waals surface area contributed by atoms with E-state index in [1.54, 1.807) is 62.4 Å². The zero-order valence-electron chi connectivity index (χ0n) is 52.1. The van der Waals surface area contributed by atoms with Crippen molar-refractivity contribution in [1.29, 1.82) is 0 Å². The quantitative estimate of drug-likeness (QED) is 0.0495. The smallest absolute Gasteiger partial charge is 0.263 e. The number of epoxide rings is 2. The number of aliphatic hydroxyl groups excluding tert-OH is 1. The van der Waals surface area contributed by atoms with Crippen molar-refractivity contribution in [3.05, 3.63) is 143 Å². The van der Waals surface area contributed by atoms with Gasteiger partial charge in [0.15, 0.2) is 34.5 Å². The normalized spacial score (nSPS) is 18.8. The predicted octanol–water partition coefficient (Wildman–Crippen LogP) is 15.6. The summed E-state index contributed by atoms with van der Waals surface area (Å²) in [7, 11) is 7.11. The van der Waals surface area contributed by atoms with Crippen molar-refractivity contribution in [3.63, 3.8) is 0 Å². The van der Waals surface area contributed by atoms with Crippen molar-refractivity contribution in [2.45, 2.75) is 149 Å². The lowest BCUT2D eigenvalue weighted by atomic mass is 9.84. The van der Waals surface area contributed by atoms with Gasteiger partial charge in [0.25, 0.3) is 5.79 Å². The van der Waals surface area contributed by atoms with Crippen molar-refractivity contribution in [1.82, 2.24) is 10.2 Å². The lowest BCUT2D eigenvalue weighted by Gasteiger charge is -2.31. The van der Waals surface area contributed by atoms with Crippen LogP contribution in [-0.4, -0.2) is 123 Å². The summed E-state index contributed by atoms with van der Waals surface area (Å²) in [5, 5.41) is 12.9. The van der Waals surface area contributed by atoms with Crippen molar-refractivity contribution in [2.75, 3.05) is 41.4 Å². The number of nitrogens with zero attached hydrogens (tertiary/aromatic N) is 1. The first-order chi connectivity index (χ1) is 40.9. The fourth-order valence-electron chi connectivity index (χ4n) is 10.2. The third-order valence-corrected chi connectivity index (χ3v) is 20.2. The molecule has 0 amide bonds. The molecule has 2 saturated heterocycles. The number of ether oxygens (including phenoxy) is 6. The molecule has 2 N–H and O–H groups in total. The van der Waals surface area contributed by atoms with Gasteiger partial charge in [-0.1, -0.05) is 81.0 Å². The van der Waals surface area contributed by atoms with E-state index in [-0.39, 0.29) is 41.3 Å². The Morgan fingerprint density at radius 1 is 0.500 bits per heavy atom. The number of rotatable bonds is 17. The van der Waals surface area contributed by atoms with E-state index >= 15 is 0 Å². The lowest BCUT2D eigenvalue weighted by Crippen LogP contribution is -2.45. The molecule has 2 fully saturated rings. The number of alkyl halides is 2. The zero-order chi connectivity index (χ0) is 64.6. The highest BCUT2D eigenvalue weighted by molar-refractivity contribution is 9.10. The summed E-state index contributed by atoms with van der Waals surface area (Å²) in [6, 6.07) is 32.3. The molecule has 5 heterocycles. The average Bonchev–Trinajstić information content (AvgIpc) is 1.56. The first-order valence-electron chi connectivity index (χ1n) is 28.4. The van der Waals surface area contributed by atoms with E-state index in [1.807, 2.05) is 156 Å². The molecule has 11 rings (SSSR count). The summed E-state index contributed by atoms with van der Waals surface area (Å²) in [6.07, 6.45) is 0. The Hall–Kier alpha value is -5.49. The minimum absolute atomic E-state index is 0.0108. The van der Waals surface area contributed by atoms with Crippen LogP contribution < -0.4 is 19.5 Å². The van der Waals surface area contributed by atoms with Gasteiger partial charge in [-0.15, -0.1) is 0 Å². The topological polar surface area (TPSA) is 200 Å². The van der Waals surface area contributed by atoms with Gasteiger partial charge < -0.3 is 38.8 Å². The molecule has 2 unspecified atom stereocenters. The molecule has 2 atom stereocenters. The zero-order valence-corrected chi connectivity index (χ0v) is 57.7. The van der Waals surface area contributed by atoms with Crippen LogP contribution in [0.1, 0.15) is 145 Å². The molecule has 0 bridgehead atoms. The van der Waals surface area contributed by atoms with Crippen LogP contribution in [0.15, 0.2) is 139 Å². The molecule has 0 aromatic heterocycles. The third-order valence-electron chi connectivity index (χ3n) is 16.2. The second-order valence-corrected chi connectivity index (χ2v) is 32.6. The molecule has 5 aliphatic rings. The SMILES string of the molecule is CC(C)(Br)C(=O)c1ccc2c(c1)Sc1cc(C(=O)C(C)(C)Br)ccc1O2.CNCC(C)(C)C(=O)c1ccc2c(c1)Sc1cc(C(=O)C(C)(C)N(C)C)ccc1O2.COC1(C(=O)c2ccc3c(c2)Sc2cc(C(=O)C4(CO)OC4(C)C)ccc2O3)OC1(C)C.